The number of hydrogen-bond donors (Lipinski definition) is 1. The van der Waals surface area contributed by atoms with Crippen molar-refractivity contribution in [3.05, 3.63) is 59.7 Å². The Morgan fingerprint density at radius 2 is 1.64 bits per heavy atom. The second kappa shape index (κ2) is 6.36. The van der Waals surface area contributed by atoms with Gasteiger partial charge in [0.15, 0.2) is 0 Å². The molecule has 0 spiro atoms. The number of carbonyl (C=O) groups is 2. The molecule has 5 nitrogen and oxygen atoms in total. The van der Waals surface area contributed by atoms with Crippen LogP contribution in [0.15, 0.2) is 48.5 Å². The van der Waals surface area contributed by atoms with Crippen LogP contribution in [-0.2, 0) is 9.53 Å². The summed E-state index contributed by atoms with van der Waals surface area (Å²) in [5.41, 5.74) is 4.74. The minimum absolute atomic E-state index is 0.00560. The zero-order valence-corrected chi connectivity index (χ0v) is 15.7. The van der Waals surface area contributed by atoms with Gasteiger partial charge in [-0.3, -0.25) is 4.79 Å². The molecule has 1 N–H and O–H groups in total. The second-order valence-corrected chi connectivity index (χ2v) is 8.13. The fraction of sp³-hybridized carbons (Fsp3) is 0.391. The highest BCUT2D eigenvalue weighted by Crippen LogP contribution is 2.47. The molecule has 5 rings (SSSR count). The number of ether oxygens (including phenoxy) is 1. The van der Waals surface area contributed by atoms with Gasteiger partial charge in [-0.25, -0.2) is 4.79 Å². The van der Waals surface area contributed by atoms with Crippen LogP contribution in [0.4, 0.5) is 4.79 Å². The van der Waals surface area contributed by atoms with Gasteiger partial charge in [-0.2, -0.15) is 0 Å². The van der Waals surface area contributed by atoms with Gasteiger partial charge in [0.2, 0.25) is 0 Å². The lowest BCUT2D eigenvalue weighted by Crippen LogP contribution is -2.40. The second-order valence-electron chi connectivity index (χ2n) is 8.13. The summed E-state index contributed by atoms with van der Waals surface area (Å²) in [6, 6.07) is 16.3. The van der Waals surface area contributed by atoms with E-state index in [0.29, 0.717) is 6.42 Å². The predicted octanol–water partition coefficient (Wildman–Crippen LogP) is 4.26. The van der Waals surface area contributed by atoms with E-state index in [1.807, 2.05) is 31.2 Å². The number of aliphatic carboxylic acids is 1. The van der Waals surface area contributed by atoms with E-state index < -0.39 is 11.9 Å². The molecule has 0 aromatic heterocycles. The zero-order valence-electron chi connectivity index (χ0n) is 15.7. The fourth-order valence-electron chi connectivity index (χ4n) is 5.53. The van der Waals surface area contributed by atoms with Crippen LogP contribution >= 0.6 is 0 Å². The Morgan fingerprint density at radius 3 is 2.21 bits per heavy atom. The Labute approximate surface area is 163 Å². The number of hydrogen-bond acceptors (Lipinski definition) is 3. The first-order valence-electron chi connectivity index (χ1n) is 9.96. The molecule has 28 heavy (non-hydrogen) atoms. The van der Waals surface area contributed by atoms with Crippen LogP contribution in [0.5, 0.6) is 0 Å². The number of nitrogens with zero attached hydrogens (tertiary/aromatic N) is 1. The third kappa shape index (κ3) is 2.45. The van der Waals surface area contributed by atoms with Crippen molar-refractivity contribution in [2.45, 2.75) is 50.3 Å². The molecule has 2 aliphatic heterocycles. The molecule has 2 heterocycles. The first kappa shape index (κ1) is 17.3. The summed E-state index contributed by atoms with van der Waals surface area (Å²) in [7, 11) is 0. The van der Waals surface area contributed by atoms with E-state index in [2.05, 4.69) is 24.3 Å². The van der Waals surface area contributed by atoms with Gasteiger partial charge in [0, 0.05) is 18.0 Å². The highest BCUT2D eigenvalue weighted by Gasteiger charge is 2.52. The molecule has 5 heteroatoms. The maximum Gasteiger partial charge on any atom is 0.410 e. The van der Waals surface area contributed by atoms with Gasteiger partial charge in [0.05, 0.1) is 5.92 Å². The lowest BCUT2D eigenvalue weighted by Gasteiger charge is -2.27. The maximum atomic E-state index is 13.0. The van der Waals surface area contributed by atoms with E-state index >= 15 is 0 Å². The Bertz CT molecular complexity index is 910. The van der Waals surface area contributed by atoms with E-state index in [-0.39, 0.29) is 30.2 Å². The van der Waals surface area contributed by atoms with Gasteiger partial charge in [-0.15, -0.1) is 0 Å². The smallest absolute Gasteiger partial charge is 0.410 e. The largest absolute Gasteiger partial charge is 0.481 e. The first-order chi connectivity index (χ1) is 13.6. The molecule has 2 fully saturated rings. The van der Waals surface area contributed by atoms with E-state index in [0.717, 1.165) is 12.8 Å². The van der Waals surface area contributed by atoms with Crippen molar-refractivity contribution in [3.8, 4) is 11.1 Å². The van der Waals surface area contributed by atoms with Crippen LogP contribution < -0.4 is 0 Å². The monoisotopic (exact) mass is 377 g/mol. The van der Waals surface area contributed by atoms with Crippen LogP contribution in [0.25, 0.3) is 11.1 Å². The Morgan fingerprint density at radius 1 is 1.04 bits per heavy atom. The average molecular weight is 377 g/mol. The number of fused-ring (bicyclic) bond motifs is 5. The van der Waals surface area contributed by atoms with Crippen LogP contribution in [0, 0.1) is 5.92 Å². The van der Waals surface area contributed by atoms with Crippen molar-refractivity contribution < 1.29 is 19.4 Å². The van der Waals surface area contributed by atoms with E-state index in [1.54, 1.807) is 4.90 Å². The van der Waals surface area contributed by atoms with Crippen LogP contribution in [0.3, 0.4) is 0 Å². The summed E-state index contributed by atoms with van der Waals surface area (Å²) >= 11 is 0. The zero-order chi connectivity index (χ0) is 19.4. The molecule has 0 radical (unpaired) electrons. The SMILES string of the molecule is C[C@@H](OC(=O)N1[C@H]2CC[C@@H]1[C@@H](C(=O)O)C2)C1c2ccccc2-c2ccccc21. The molecule has 2 bridgehead atoms. The average Bonchev–Trinajstić information content (AvgIpc) is 3.37. The molecule has 3 aliphatic rings. The number of carboxylic acid groups (broad SMARTS) is 1. The van der Waals surface area contributed by atoms with Gasteiger partial charge >= 0.3 is 12.1 Å². The van der Waals surface area contributed by atoms with Crippen molar-refractivity contribution in [1.29, 1.82) is 0 Å². The minimum atomic E-state index is -0.809. The fourth-order valence-corrected chi connectivity index (χ4v) is 5.53. The number of carbonyl (C=O) groups excluding carboxylic acids is 1. The predicted molar refractivity (Wildman–Crippen MR) is 104 cm³/mol. The number of carboxylic acids is 1. The standard InChI is InChI=1S/C23H23NO4/c1-13(28-23(27)24-14-10-11-20(24)19(12-14)22(25)26)21-17-8-4-2-6-15(17)16-7-3-5-9-18(16)21/h2-9,13-14,19-21H,10-12H2,1H3,(H,25,26)/t13-,14+,19+,20-/m1/s1. The summed E-state index contributed by atoms with van der Waals surface area (Å²) < 4.78 is 5.93. The van der Waals surface area contributed by atoms with Crippen molar-refractivity contribution in [1.82, 2.24) is 4.90 Å². The van der Waals surface area contributed by atoms with E-state index in [1.165, 1.54) is 22.3 Å². The number of rotatable bonds is 3. The van der Waals surface area contributed by atoms with Crippen LogP contribution in [0.1, 0.15) is 43.2 Å². The molecule has 1 aliphatic carbocycles. The lowest BCUT2D eigenvalue weighted by molar-refractivity contribution is -0.142. The van der Waals surface area contributed by atoms with E-state index in [4.69, 9.17) is 4.74 Å². The molecule has 0 unspecified atom stereocenters. The summed E-state index contributed by atoms with van der Waals surface area (Å²) in [5, 5.41) is 9.43. The molecular formula is C23H23NO4. The quantitative estimate of drug-likeness (QED) is 0.868. The third-order valence-corrected chi connectivity index (χ3v) is 6.70. The molecule has 1 amide bonds. The van der Waals surface area contributed by atoms with E-state index in [9.17, 15) is 14.7 Å². The summed E-state index contributed by atoms with van der Waals surface area (Å²) in [6.45, 7) is 1.94. The Balaban J connectivity index is 1.40. The molecule has 0 saturated carbocycles. The molecule has 144 valence electrons. The Kier molecular flexibility index (Phi) is 3.93. The minimum Gasteiger partial charge on any atom is -0.481 e. The van der Waals surface area contributed by atoms with Crippen molar-refractivity contribution in [2.75, 3.05) is 0 Å². The van der Waals surface area contributed by atoms with Crippen molar-refractivity contribution in [3.63, 3.8) is 0 Å². The first-order valence-corrected chi connectivity index (χ1v) is 9.96. The topological polar surface area (TPSA) is 66.8 Å². The number of amides is 1. The maximum absolute atomic E-state index is 13.0. The third-order valence-electron chi connectivity index (χ3n) is 6.70. The lowest BCUT2D eigenvalue weighted by atomic mass is 9.89. The Hall–Kier alpha value is -2.82. The summed E-state index contributed by atoms with van der Waals surface area (Å²) in [5.74, 6) is -1.28. The highest BCUT2D eigenvalue weighted by molar-refractivity contribution is 5.80. The molecule has 2 saturated heterocycles. The van der Waals surface area contributed by atoms with Gasteiger partial charge in [0.1, 0.15) is 6.10 Å². The highest BCUT2D eigenvalue weighted by atomic mass is 16.6. The number of benzene rings is 2. The molecule has 2 aromatic rings. The normalized spacial score (nSPS) is 26.0. The van der Waals surface area contributed by atoms with Gasteiger partial charge < -0.3 is 14.7 Å². The summed E-state index contributed by atoms with van der Waals surface area (Å²) in [6.07, 6.45) is 1.46. The summed E-state index contributed by atoms with van der Waals surface area (Å²) in [4.78, 5) is 26.2. The molecule has 2 aromatic carbocycles. The van der Waals surface area contributed by atoms with Gasteiger partial charge in [-0.05, 0) is 48.4 Å². The van der Waals surface area contributed by atoms with Crippen LogP contribution in [-0.4, -0.2) is 40.3 Å². The molecule has 4 atom stereocenters. The van der Waals surface area contributed by atoms with Gasteiger partial charge in [-0.1, -0.05) is 48.5 Å². The van der Waals surface area contributed by atoms with Gasteiger partial charge in [0.25, 0.3) is 0 Å². The van der Waals surface area contributed by atoms with Crippen LogP contribution in [0.2, 0.25) is 0 Å². The van der Waals surface area contributed by atoms with Crippen molar-refractivity contribution in [2.24, 2.45) is 5.92 Å². The molecular weight excluding hydrogens is 354 g/mol. The van der Waals surface area contributed by atoms with Crippen molar-refractivity contribution >= 4 is 12.1 Å².